The Morgan fingerprint density at radius 1 is 1.23 bits per heavy atom. The van der Waals surface area contributed by atoms with Crippen LogP contribution < -0.4 is 14.8 Å². The molecular weight excluding hydrogens is 416 g/mol. The molecule has 0 amide bonds. The first kappa shape index (κ1) is 23.1. The minimum Gasteiger partial charge on any atom is -0.492 e. The van der Waals surface area contributed by atoms with Gasteiger partial charge in [0.1, 0.15) is 12.4 Å². The molecule has 0 aliphatic rings. The maximum absolute atomic E-state index is 11.5. The van der Waals surface area contributed by atoms with Gasteiger partial charge in [0.05, 0.1) is 17.9 Å². The Hall–Kier alpha value is -2.62. The molecule has 0 radical (unpaired) electrons. The highest BCUT2D eigenvalue weighted by molar-refractivity contribution is 7.92. The lowest BCUT2D eigenvalue weighted by molar-refractivity contribution is 0.120. The Morgan fingerprint density at radius 2 is 2.03 bits per heavy atom. The Bertz CT molecular complexity index is 1110. The van der Waals surface area contributed by atoms with Crippen LogP contribution in [0.3, 0.4) is 0 Å². The number of aliphatic hydroxyl groups excluding tert-OH is 1. The molecule has 1 aromatic heterocycles. The minimum absolute atomic E-state index is 0.182. The lowest BCUT2D eigenvalue weighted by Gasteiger charge is -2.25. The molecule has 3 aromatic rings. The SMILES string of the molecule is CCCC(NCCOc1ccc2c(C)[nH]nc2c1)[C@H](O)c1cccc(NS(C)(=O)=O)c1. The Balaban J connectivity index is 1.57. The van der Waals surface area contributed by atoms with Gasteiger partial charge in [0.2, 0.25) is 10.0 Å². The molecule has 3 rings (SSSR count). The maximum atomic E-state index is 11.5. The number of benzene rings is 2. The molecule has 8 nitrogen and oxygen atoms in total. The van der Waals surface area contributed by atoms with E-state index in [-0.39, 0.29) is 6.04 Å². The van der Waals surface area contributed by atoms with Gasteiger partial charge in [-0.05, 0) is 43.2 Å². The first-order chi connectivity index (χ1) is 14.8. The number of hydrogen-bond acceptors (Lipinski definition) is 6. The van der Waals surface area contributed by atoms with E-state index in [1.807, 2.05) is 25.1 Å². The van der Waals surface area contributed by atoms with Crippen LogP contribution in [0.15, 0.2) is 42.5 Å². The lowest BCUT2D eigenvalue weighted by atomic mass is 9.98. The van der Waals surface area contributed by atoms with E-state index in [0.29, 0.717) is 24.4 Å². The molecule has 9 heteroatoms. The van der Waals surface area contributed by atoms with Gasteiger partial charge in [-0.2, -0.15) is 5.10 Å². The van der Waals surface area contributed by atoms with E-state index in [1.165, 1.54) is 0 Å². The van der Waals surface area contributed by atoms with Crippen LogP contribution in [0.4, 0.5) is 5.69 Å². The molecule has 0 aliphatic carbocycles. The standard InChI is InChI=1S/C22H30N4O4S/c1-4-6-20(22(27)16-7-5-8-17(13-16)26-31(3,28)29)23-11-12-30-18-9-10-19-15(2)24-25-21(19)14-18/h5,7-10,13-14,20,22-23,26-27H,4,6,11-12H2,1-3H3,(H,24,25)/t20?,22-/m1/s1. The van der Waals surface area contributed by atoms with E-state index in [1.54, 1.807) is 24.3 Å². The molecule has 2 aromatic carbocycles. The number of hydrogen-bond donors (Lipinski definition) is 4. The molecule has 1 unspecified atom stereocenters. The second-order valence-corrected chi connectivity index (χ2v) is 9.42. The Morgan fingerprint density at radius 3 is 2.77 bits per heavy atom. The fourth-order valence-corrected chi connectivity index (χ4v) is 4.10. The number of nitrogens with one attached hydrogen (secondary N) is 3. The van der Waals surface area contributed by atoms with Crippen molar-refractivity contribution >= 4 is 26.6 Å². The van der Waals surface area contributed by atoms with Gasteiger partial charge in [-0.25, -0.2) is 8.42 Å². The summed E-state index contributed by atoms with van der Waals surface area (Å²) in [4.78, 5) is 0. The molecule has 0 saturated heterocycles. The Kier molecular flexibility index (Phi) is 7.53. The highest BCUT2D eigenvalue weighted by Gasteiger charge is 2.20. The van der Waals surface area contributed by atoms with Gasteiger partial charge in [-0.3, -0.25) is 9.82 Å². The van der Waals surface area contributed by atoms with Gasteiger partial charge in [-0.1, -0.05) is 25.5 Å². The third kappa shape index (κ3) is 6.43. The molecule has 0 aliphatic heterocycles. The van der Waals surface area contributed by atoms with Crippen LogP contribution in [0, 0.1) is 6.92 Å². The quantitative estimate of drug-likeness (QED) is 0.336. The van der Waals surface area contributed by atoms with Crippen LogP contribution in [0.5, 0.6) is 5.75 Å². The van der Waals surface area contributed by atoms with Gasteiger partial charge in [0.15, 0.2) is 0 Å². The topological polar surface area (TPSA) is 116 Å². The van der Waals surface area contributed by atoms with Gasteiger partial charge in [-0.15, -0.1) is 0 Å². The van der Waals surface area contributed by atoms with E-state index in [4.69, 9.17) is 4.74 Å². The zero-order chi connectivity index (χ0) is 22.4. The molecule has 31 heavy (non-hydrogen) atoms. The average Bonchev–Trinajstić information content (AvgIpc) is 3.09. The van der Waals surface area contributed by atoms with E-state index in [9.17, 15) is 13.5 Å². The van der Waals surface area contributed by atoms with Crippen LogP contribution in [0.25, 0.3) is 10.9 Å². The predicted molar refractivity (Wildman–Crippen MR) is 123 cm³/mol. The Labute approximate surface area is 183 Å². The second kappa shape index (κ2) is 10.1. The zero-order valence-electron chi connectivity index (χ0n) is 18.1. The van der Waals surface area contributed by atoms with Crippen molar-refractivity contribution in [2.45, 2.75) is 38.8 Å². The number of ether oxygens (including phenoxy) is 1. The summed E-state index contributed by atoms with van der Waals surface area (Å²) in [7, 11) is -3.38. The van der Waals surface area contributed by atoms with Gasteiger partial charge in [0, 0.05) is 35.4 Å². The number of H-pyrrole nitrogens is 1. The normalized spacial score (nSPS) is 13.8. The van der Waals surface area contributed by atoms with Crippen molar-refractivity contribution in [2.75, 3.05) is 24.1 Å². The molecule has 0 fully saturated rings. The summed E-state index contributed by atoms with van der Waals surface area (Å²) >= 11 is 0. The smallest absolute Gasteiger partial charge is 0.229 e. The first-order valence-corrected chi connectivity index (χ1v) is 12.2. The molecular formula is C22H30N4O4S. The van der Waals surface area contributed by atoms with Gasteiger partial charge < -0.3 is 15.2 Å². The molecule has 4 N–H and O–H groups in total. The summed E-state index contributed by atoms with van der Waals surface area (Å²) in [5, 5.41) is 22.5. The third-order valence-electron chi connectivity index (χ3n) is 5.01. The van der Waals surface area contributed by atoms with E-state index in [2.05, 4.69) is 27.2 Å². The fourth-order valence-electron chi connectivity index (χ4n) is 3.54. The number of anilines is 1. The third-order valence-corrected chi connectivity index (χ3v) is 5.61. The van der Waals surface area contributed by atoms with Gasteiger partial charge in [0.25, 0.3) is 0 Å². The highest BCUT2D eigenvalue weighted by Crippen LogP contribution is 2.24. The lowest BCUT2D eigenvalue weighted by Crippen LogP contribution is -2.37. The van der Waals surface area contributed by atoms with Crippen LogP contribution >= 0.6 is 0 Å². The van der Waals surface area contributed by atoms with Crippen LogP contribution in [0.2, 0.25) is 0 Å². The average molecular weight is 447 g/mol. The number of sulfonamides is 1. The fraction of sp³-hybridized carbons (Fsp3) is 0.409. The first-order valence-electron chi connectivity index (χ1n) is 10.3. The molecule has 168 valence electrons. The van der Waals surface area contributed by atoms with Crippen molar-refractivity contribution in [3.05, 3.63) is 53.7 Å². The molecule has 0 spiro atoms. The summed E-state index contributed by atoms with van der Waals surface area (Å²) in [6.07, 6.45) is 1.99. The largest absolute Gasteiger partial charge is 0.492 e. The van der Waals surface area contributed by atoms with E-state index < -0.39 is 16.1 Å². The second-order valence-electron chi connectivity index (χ2n) is 7.67. The number of aromatic amines is 1. The number of aliphatic hydroxyl groups is 1. The van der Waals surface area contributed by atoms with Gasteiger partial charge >= 0.3 is 0 Å². The summed E-state index contributed by atoms with van der Waals surface area (Å²) in [6, 6.07) is 12.5. The molecule has 0 saturated carbocycles. The summed E-state index contributed by atoms with van der Waals surface area (Å²) in [6.45, 7) is 5.03. The summed E-state index contributed by atoms with van der Waals surface area (Å²) in [5.74, 6) is 0.743. The zero-order valence-corrected chi connectivity index (χ0v) is 18.9. The van der Waals surface area contributed by atoms with Crippen molar-refractivity contribution in [1.29, 1.82) is 0 Å². The van der Waals surface area contributed by atoms with E-state index in [0.717, 1.165) is 41.4 Å². The minimum atomic E-state index is -3.38. The molecule has 0 bridgehead atoms. The van der Waals surface area contributed by atoms with Crippen molar-refractivity contribution in [3.63, 3.8) is 0 Å². The van der Waals surface area contributed by atoms with Crippen LogP contribution in [0.1, 0.15) is 37.1 Å². The van der Waals surface area contributed by atoms with Crippen molar-refractivity contribution in [3.8, 4) is 5.75 Å². The molecule has 2 atom stereocenters. The number of aryl methyl sites for hydroxylation is 1. The van der Waals surface area contributed by atoms with Crippen LogP contribution in [-0.2, 0) is 10.0 Å². The number of aromatic nitrogens is 2. The molecule has 1 heterocycles. The number of nitrogens with zero attached hydrogens (tertiary/aromatic N) is 1. The van der Waals surface area contributed by atoms with Crippen molar-refractivity contribution in [1.82, 2.24) is 15.5 Å². The monoisotopic (exact) mass is 446 g/mol. The van der Waals surface area contributed by atoms with Crippen molar-refractivity contribution < 1.29 is 18.3 Å². The maximum Gasteiger partial charge on any atom is 0.229 e. The predicted octanol–water partition coefficient (Wildman–Crippen LogP) is 3.11. The van der Waals surface area contributed by atoms with E-state index >= 15 is 0 Å². The summed E-state index contributed by atoms with van der Waals surface area (Å²) < 4.78 is 31.2. The van der Waals surface area contributed by atoms with Crippen LogP contribution in [-0.4, -0.2) is 49.2 Å². The summed E-state index contributed by atoms with van der Waals surface area (Å²) in [5.41, 5.74) is 2.97. The highest BCUT2D eigenvalue weighted by atomic mass is 32.2. The van der Waals surface area contributed by atoms with Crippen molar-refractivity contribution in [2.24, 2.45) is 0 Å². The number of rotatable bonds is 11. The number of fused-ring (bicyclic) bond motifs is 1.